The van der Waals surface area contributed by atoms with Gasteiger partial charge in [0.05, 0.1) is 17.9 Å². The molecule has 6 nitrogen and oxygen atoms in total. The minimum atomic E-state index is -0.366. The molecule has 1 aliphatic heterocycles. The molecule has 0 amide bonds. The summed E-state index contributed by atoms with van der Waals surface area (Å²) >= 11 is 1.42. The van der Waals surface area contributed by atoms with Gasteiger partial charge in [-0.3, -0.25) is 0 Å². The molecule has 0 bridgehead atoms. The van der Waals surface area contributed by atoms with Gasteiger partial charge in [0.1, 0.15) is 12.4 Å². The number of carbonyl (C=O) groups excluding carboxylic acids is 1. The Labute approximate surface area is 142 Å². The molecule has 4 rings (SSSR count). The highest BCUT2D eigenvalue weighted by Gasteiger charge is 2.16. The molecule has 7 heteroatoms. The summed E-state index contributed by atoms with van der Waals surface area (Å²) in [4.78, 5) is 24.9. The fourth-order valence-electron chi connectivity index (χ4n) is 2.42. The Kier molecular flexibility index (Phi) is 3.92. The summed E-state index contributed by atoms with van der Waals surface area (Å²) in [5.74, 6) is 1.05. The van der Waals surface area contributed by atoms with Crippen LogP contribution >= 0.6 is 11.3 Å². The van der Waals surface area contributed by atoms with Crippen molar-refractivity contribution in [2.75, 3.05) is 6.61 Å². The first-order chi connectivity index (χ1) is 11.8. The molecule has 0 radical (unpaired) electrons. The lowest BCUT2D eigenvalue weighted by Crippen LogP contribution is -2.05. The number of carbonyl (C=O) groups is 1. The molecule has 0 atom stereocenters. The molecular weight excluding hydrogens is 326 g/mol. The second-order valence-electron chi connectivity index (χ2n) is 5.21. The van der Waals surface area contributed by atoms with Gasteiger partial charge >= 0.3 is 5.97 Å². The first kappa shape index (κ1) is 14.8. The highest BCUT2D eigenvalue weighted by molar-refractivity contribution is 7.13. The van der Waals surface area contributed by atoms with E-state index in [0.717, 1.165) is 17.7 Å². The van der Waals surface area contributed by atoms with Crippen LogP contribution in [0.4, 0.5) is 0 Å². The van der Waals surface area contributed by atoms with Gasteiger partial charge in [-0.1, -0.05) is 0 Å². The minimum absolute atomic E-state index is 0.121. The van der Waals surface area contributed by atoms with Gasteiger partial charge in [-0.2, -0.15) is 0 Å². The first-order valence-corrected chi connectivity index (χ1v) is 8.32. The fraction of sp³-hybridized carbons (Fsp3) is 0.176. The third kappa shape index (κ3) is 2.98. The van der Waals surface area contributed by atoms with E-state index in [-0.39, 0.29) is 12.6 Å². The summed E-state index contributed by atoms with van der Waals surface area (Å²) in [6.45, 7) is 0.784. The maximum Gasteiger partial charge on any atom is 0.338 e. The predicted molar refractivity (Wildman–Crippen MR) is 87.9 cm³/mol. The molecule has 1 aliphatic rings. The van der Waals surface area contributed by atoms with Gasteiger partial charge in [-0.15, -0.1) is 11.3 Å². The number of hydrogen-bond donors (Lipinski definition) is 0. The van der Waals surface area contributed by atoms with Crippen molar-refractivity contribution in [3.05, 3.63) is 58.9 Å². The second kappa shape index (κ2) is 6.37. The minimum Gasteiger partial charge on any atom is -0.493 e. The zero-order valence-electron chi connectivity index (χ0n) is 12.6. The van der Waals surface area contributed by atoms with Crippen molar-refractivity contribution in [3.63, 3.8) is 0 Å². The van der Waals surface area contributed by atoms with E-state index in [9.17, 15) is 4.79 Å². The molecule has 0 fully saturated rings. The van der Waals surface area contributed by atoms with Crippen LogP contribution in [0.2, 0.25) is 0 Å². The summed E-state index contributed by atoms with van der Waals surface area (Å²) in [7, 11) is 0. The van der Waals surface area contributed by atoms with Gasteiger partial charge in [0, 0.05) is 24.2 Å². The van der Waals surface area contributed by atoms with Crippen molar-refractivity contribution >= 4 is 17.3 Å². The van der Waals surface area contributed by atoms with E-state index < -0.39 is 0 Å². The molecule has 0 saturated heterocycles. The van der Waals surface area contributed by atoms with Crippen molar-refractivity contribution in [1.29, 1.82) is 0 Å². The van der Waals surface area contributed by atoms with Gasteiger partial charge in [0.2, 0.25) is 0 Å². The monoisotopic (exact) mass is 339 g/mol. The van der Waals surface area contributed by atoms with Crippen LogP contribution in [0.15, 0.2) is 42.0 Å². The third-order valence-electron chi connectivity index (χ3n) is 3.59. The molecule has 3 aromatic rings. The van der Waals surface area contributed by atoms with E-state index >= 15 is 0 Å². The van der Waals surface area contributed by atoms with Crippen LogP contribution in [-0.2, 0) is 17.8 Å². The number of esters is 1. The average molecular weight is 339 g/mol. The Morgan fingerprint density at radius 1 is 1.29 bits per heavy atom. The van der Waals surface area contributed by atoms with Crippen molar-refractivity contribution in [1.82, 2.24) is 15.0 Å². The highest BCUT2D eigenvalue weighted by Crippen LogP contribution is 2.26. The number of benzene rings is 1. The number of aromatic nitrogens is 3. The Morgan fingerprint density at radius 3 is 3.04 bits per heavy atom. The third-order valence-corrected chi connectivity index (χ3v) is 4.47. The zero-order chi connectivity index (χ0) is 16.4. The Balaban J connectivity index is 1.42. The molecule has 24 heavy (non-hydrogen) atoms. The standard InChI is InChI=1S/C17H13N3O3S/c21-17(12-2-3-14-11(8-12)4-7-22-14)23-9-13-10-24-16(20-13)15-18-5-1-6-19-15/h1-3,5-6,8,10H,4,7,9H2. The Morgan fingerprint density at radius 2 is 2.17 bits per heavy atom. The summed E-state index contributed by atoms with van der Waals surface area (Å²) in [5, 5.41) is 2.55. The zero-order valence-corrected chi connectivity index (χ0v) is 13.5. The fourth-order valence-corrected chi connectivity index (χ4v) is 3.17. The van der Waals surface area contributed by atoms with E-state index in [4.69, 9.17) is 9.47 Å². The number of ether oxygens (including phenoxy) is 2. The number of thiazole rings is 1. The number of hydrogen-bond acceptors (Lipinski definition) is 7. The molecule has 0 saturated carbocycles. The number of rotatable bonds is 4. The lowest BCUT2D eigenvalue weighted by molar-refractivity contribution is 0.0468. The predicted octanol–water partition coefficient (Wildman–Crippen LogP) is 2.89. The number of fused-ring (bicyclic) bond motifs is 1. The van der Waals surface area contributed by atoms with Crippen LogP contribution in [0.25, 0.3) is 10.8 Å². The van der Waals surface area contributed by atoms with E-state index in [1.54, 1.807) is 24.5 Å². The molecular formula is C17H13N3O3S. The van der Waals surface area contributed by atoms with Crippen molar-refractivity contribution in [2.24, 2.45) is 0 Å². The molecule has 0 spiro atoms. The average Bonchev–Trinajstić information content (AvgIpc) is 3.29. The molecule has 120 valence electrons. The summed E-state index contributed by atoms with van der Waals surface area (Å²) < 4.78 is 10.8. The van der Waals surface area contributed by atoms with Gasteiger partial charge in [0.15, 0.2) is 10.8 Å². The van der Waals surface area contributed by atoms with Crippen molar-refractivity contribution in [2.45, 2.75) is 13.0 Å². The van der Waals surface area contributed by atoms with Crippen LogP contribution in [0.1, 0.15) is 21.6 Å². The van der Waals surface area contributed by atoms with Crippen LogP contribution in [0.3, 0.4) is 0 Å². The second-order valence-corrected chi connectivity index (χ2v) is 6.07. The van der Waals surface area contributed by atoms with Crippen molar-refractivity contribution < 1.29 is 14.3 Å². The quantitative estimate of drug-likeness (QED) is 0.681. The van der Waals surface area contributed by atoms with Gasteiger partial charge in [0.25, 0.3) is 0 Å². The smallest absolute Gasteiger partial charge is 0.338 e. The lowest BCUT2D eigenvalue weighted by Gasteiger charge is -2.04. The molecule has 0 unspecified atom stereocenters. The molecule has 0 N–H and O–H groups in total. The lowest BCUT2D eigenvalue weighted by atomic mass is 10.1. The maximum atomic E-state index is 12.2. The van der Waals surface area contributed by atoms with Crippen LogP contribution < -0.4 is 4.74 Å². The molecule has 1 aromatic carbocycles. The van der Waals surface area contributed by atoms with Gasteiger partial charge in [-0.05, 0) is 29.8 Å². The molecule has 3 heterocycles. The normalized spacial score (nSPS) is 12.5. The van der Waals surface area contributed by atoms with E-state index in [1.807, 2.05) is 17.5 Å². The highest BCUT2D eigenvalue weighted by atomic mass is 32.1. The maximum absolute atomic E-state index is 12.2. The molecule has 0 aliphatic carbocycles. The van der Waals surface area contributed by atoms with Crippen LogP contribution in [0, 0.1) is 0 Å². The van der Waals surface area contributed by atoms with E-state index in [0.29, 0.717) is 28.7 Å². The summed E-state index contributed by atoms with van der Waals surface area (Å²) in [6, 6.07) is 7.11. The SMILES string of the molecule is O=C(OCc1csc(-c2ncccn2)n1)c1ccc2c(c1)CCO2. The van der Waals surface area contributed by atoms with E-state index in [2.05, 4.69) is 15.0 Å². The Hall–Kier alpha value is -2.80. The van der Waals surface area contributed by atoms with Crippen LogP contribution in [0.5, 0.6) is 5.75 Å². The summed E-state index contributed by atoms with van der Waals surface area (Å²) in [6.07, 6.45) is 4.16. The topological polar surface area (TPSA) is 74.2 Å². The Bertz CT molecular complexity index is 880. The van der Waals surface area contributed by atoms with Gasteiger partial charge < -0.3 is 9.47 Å². The first-order valence-electron chi connectivity index (χ1n) is 7.44. The van der Waals surface area contributed by atoms with E-state index in [1.165, 1.54) is 11.3 Å². The molecule has 2 aromatic heterocycles. The largest absolute Gasteiger partial charge is 0.493 e. The van der Waals surface area contributed by atoms with Gasteiger partial charge in [-0.25, -0.2) is 19.7 Å². The van der Waals surface area contributed by atoms with Crippen LogP contribution in [-0.4, -0.2) is 27.5 Å². The van der Waals surface area contributed by atoms with Crippen molar-refractivity contribution in [3.8, 4) is 16.6 Å². The number of nitrogens with zero attached hydrogens (tertiary/aromatic N) is 3. The summed E-state index contributed by atoms with van der Waals surface area (Å²) in [5.41, 5.74) is 2.25.